The summed E-state index contributed by atoms with van der Waals surface area (Å²) in [6, 6.07) is 10.4. The minimum Gasteiger partial charge on any atom is -0.382 e. The van der Waals surface area contributed by atoms with Gasteiger partial charge in [-0.05, 0) is 69.1 Å². The van der Waals surface area contributed by atoms with Crippen LogP contribution >= 0.6 is 24.8 Å². The van der Waals surface area contributed by atoms with Gasteiger partial charge in [0.05, 0.1) is 0 Å². The van der Waals surface area contributed by atoms with Gasteiger partial charge >= 0.3 is 0 Å². The third-order valence-electron chi connectivity index (χ3n) is 6.27. The van der Waals surface area contributed by atoms with E-state index in [1.807, 2.05) is 0 Å². The van der Waals surface area contributed by atoms with Crippen molar-refractivity contribution in [3.63, 3.8) is 0 Å². The second kappa shape index (κ2) is 9.99. The minimum absolute atomic E-state index is 0. The molecular formula is C21H33Cl2N3O. The smallest absolute Gasteiger partial charge is 0.222 e. The maximum Gasteiger partial charge on any atom is 0.222 e. The van der Waals surface area contributed by atoms with E-state index >= 15 is 0 Å². The third kappa shape index (κ3) is 5.75. The van der Waals surface area contributed by atoms with Crippen molar-refractivity contribution in [1.82, 2.24) is 10.2 Å². The summed E-state index contributed by atoms with van der Waals surface area (Å²) in [6.07, 6.45) is 7.90. The highest BCUT2D eigenvalue weighted by Crippen LogP contribution is 2.33. The fraction of sp³-hybridized carbons (Fsp3) is 0.667. The number of fused-ring (bicyclic) bond motifs is 2. The molecule has 2 atom stereocenters. The molecule has 4 nitrogen and oxygen atoms in total. The number of carbonyl (C=O) groups excluding carboxylic acids is 1. The summed E-state index contributed by atoms with van der Waals surface area (Å²) in [7, 11) is 0. The number of rotatable bonds is 4. The lowest BCUT2D eigenvalue weighted by atomic mass is 9.89. The number of hydrogen-bond donors (Lipinski definition) is 2. The number of nitrogens with one attached hydrogen (secondary N) is 2. The van der Waals surface area contributed by atoms with Crippen LogP contribution in [-0.2, 0) is 4.79 Å². The summed E-state index contributed by atoms with van der Waals surface area (Å²) < 4.78 is 0. The van der Waals surface area contributed by atoms with Crippen LogP contribution in [-0.4, -0.2) is 42.0 Å². The Morgan fingerprint density at radius 3 is 2.41 bits per heavy atom. The van der Waals surface area contributed by atoms with Gasteiger partial charge in [0.15, 0.2) is 0 Å². The minimum atomic E-state index is 0. The predicted octanol–water partition coefficient (Wildman–Crippen LogP) is 4.16. The molecule has 1 aromatic carbocycles. The second-order valence-corrected chi connectivity index (χ2v) is 8.35. The Morgan fingerprint density at radius 2 is 1.78 bits per heavy atom. The van der Waals surface area contributed by atoms with Crippen LogP contribution in [0.3, 0.4) is 0 Å². The maximum absolute atomic E-state index is 12.7. The zero-order valence-corrected chi connectivity index (χ0v) is 17.8. The van der Waals surface area contributed by atoms with E-state index in [-0.39, 0.29) is 24.8 Å². The van der Waals surface area contributed by atoms with Crippen LogP contribution in [0.25, 0.3) is 0 Å². The number of aryl methyl sites for hydroxylation is 1. The van der Waals surface area contributed by atoms with Gasteiger partial charge in [0, 0.05) is 43.3 Å². The summed E-state index contributed by atoms with van der Waals surface area (Å²) in [5, 5.41) is 7.31. The van der Waals surface area contributed by atoms with E-state index in [0.717, 1.165) is 32.4 Å². The highest BCUT2D eigenvalue weighted by Gasteiger charge is 2.35. The van der Waals surface area contributed by atoms with Crippen LogP contribution in [0, 0.1) is 12.8 Å². The molecule has 0 aliphatic carbocycles. The van der Waals surface area contributed by atoms with Crippen LogP contribution in [0.1, 0.15) is 50.5 Å². The summed E-state index contributed by atoms with van der Waals surface area (Å²) in [5.74, 6) is 0.995. The highest BCUT2D eigenvalue weighted by atomic mass is 35.5. The van der Waals surface area contributed by atoms with Gasteiger partial charge < -0.3 is 15.5 Å². The van der Waals surface area contributed by atoms with Crippen LogP contribution in [0.5, 0.6) is 0 Å². The lowest BCUT2D eigenvalue weighted by Crippen LogP contribution is -2.44. The number of benzene rings is 1. The normalized spacial score (nSPS) is 27.4. The first-order valence-corrected chi connectivity index (χ1v) is 10.0. The van der Waals surface area contributed by atoms with Gasteiger partial charge in [0.25, 0.3) is 0 Å². The van der Waals surface area contributed by atoms with E-state index in [4.69, 9.17) is 0 Å². The van der Waals surface area contributed by atoms with Crippen LogP contribution in [0.15, 0.2) is 24.3 Å². The SMILES string of the molecule is Cc1cccc(NC2CCN(C(=O)CC3CC4CCC(C3)N4)CC2)c1.Cl.Cl. The predicted molar refractivity (Wildman–Crippen MR) is 116 cm³/mol. The molecule has 3 heterocycles. The van der Waals surface area contributed by atoms with E-state index in [9.17, 15) is 4.79 Å². The average Bonchev–Trinajstić information content (AvgIpc) is 2.94. The molecule has 0 spiro atoms. The molecule has 2 N–H and O–H groups in total. The molecule has 152 valence electrons. The average molecular weight is 414 g/mol. The number of anilines is 1. The summed E-state index contributed by atoms with van der Waals surface area (Å²) in [6.45, 7) is 3.93. The first kappa shape index (κ1) is 22.3. The number of amides is 1. The van der Waals surface area contributed by atoms with Crippen LogP contribution in [0.4, 0.5) is 5.69 Å². The fourth-order valence-electron chi connectivity index (χ4n) is 4.96. The summed E-state index contributed by atoms with van der Waals surface area (Å²) in [5.41, 5.74) is 2.49. The Kier molecular flexibility index (Phi) is 8.26. The molecular weight excluding hydrogens is 381 g/mol. The zero-order valence-electron chi connectivity index (χ0n) is 16.2. The van der Waals surface area contributed by atoms with Crippen molar-refractivity contribution < 1.29 is 4.79 Å². The highest BCUT2D eigenvalue weighted by molar-refractivity contribution is 5.85. The molecule has 3 fully saturated rings. The van der Waals surface area contributed by atoms with Crippen LogP contribution in [0.2, 0.25) is 0 Å². The maximum atomic E-state index is 12.7. The Balaban J connectivity index is 0.00000131. The molecule has 0 radical (unpaired) electrons. The topological polar surface area (TPSA) is 44.4 Å². The van der Waals surface area contributed by atoms with Crippen molar-refractivity contribution in [1.29, 1.82) is 0 Å². The quantitative estimate of drug-likeness (QED) is 0.778. The molecule has 3 aliphatic heterocycles. The third-order valence-corrected chi connectivity index (χ3v) is 6.27. The molecule has 4 rings (SSSR count). The number of nitrogens with zero attached hydrogens (tertiary/aromatic N) is 1. The summed E-state index contributed by atoms with van der Waals surface area (Å²) >= 11 is 0. The van der Waals surface area contributed by atoms with Gasteiger partial charge in [-0.25, -0.2) is 0 Å². The van der Waals surface area contributed by atoms with Gasteiger partial charge in [-0.1, -0.05) is 12.1 Å². The van der Waals surface area contributed by atoms with Gasteiger partial charge in [-0.2, -0.15) is 0 Å². The lowest BCUT2D eigenvalue weighted by Gasteiger charge is -2.35. The number of carbonyl (C=O) groups is 1. The summed E-state index contributed by atoms with van der Waals surface area (Å²) in [4.78, 5) is 14.8. The van der Waals surface area contributed by atoms with Gasteiger partial charge in [0.2, 0.25) is 5.91 Å². The van der Waals surface area contributed by atoms with E-state index in [1.54, 1.807) is 0 Å². The van der Waals surface area contributed by atoms with E-state index in [1.165, 1.54) is 36.9 Å². The molecule has 1 amide bonds. The van der Waals surface area contributed by atoms with Gasteiger partial charge in [-0.3, -0.25) is 4.79 Å². The van der Waals surface area contributed by atoms with Gasteiger partial charge in [-0.15, -0.1) is 24.8 Å². The van der Waals surface area contributed by atoms with E-state index in [0.29, 0.717) is 30.0 Å². The van der Waals surface area contributed by atoms with Crippen molar-refractivity contribution in [2.45, 2.75) is 70.0 Å². The molecule has 3 saturated heterocycles. The number of piperidine rings is 2. The van der Waals surface area contributed by atoms with Crippen molar-refractivity contribution in [3.8, 4) is 0 Å². The van der Waals surface area contributed by atoms with Gasteiger partial charge in [0.1, 0.15) is 0 Å². The Labute approximate surface area is 175 Å². The van der Waals surface area contributed by atoms with Crippen molar-refractivity contribution >= 4 is 36.4 Å². The standard InChI is InChI=1S/C21H31N3O.2ClH/c1-15-3-2-4-18(11-15)22-17-7-9-24(10-8-17)21(25)14-16-12-19-5-6-20(13-16)23-19;;/h2-4,11,16-17,19-20,22-23H,5-10,12-14H2,1H3;2*1H. The first-order chi connectivity index (χ1) is 12.2. The molecule has 0 saturated carbocycles. The van der Waals surface area contributed by atoms with E-state index < -0.39 is 0 Å². The number of halogens is 2. The fourth-order valence-corrected chi connectivity index (χ4v) is 4.96. The van der Waals surface area contributed by atoms with E-state index in [2.05, 4.69) is 46.7 Å². The lowest BCUT2D eigenvalue weighted by molar-refractivity contribution is -0.133. The largest absolute Gasteiger partial charge is 0.382 e. The number of likely N-dealkylation sites (tertiary alicyclic amines) is 1. The Bertz CT molecular complexity index is 607. The first-order valence-electron chi connectivity index (χ1n) is 10.0. The molecule has 6 heteroatoms. The molecule has 27 heavy (non-hydrogen) atoms. The van der Waals surface area contributed by atoms with Crippen LogP contribution < -0.4 is 10.6 Å². The molecule has 0 aromatic heterocycles. The van der Waals surface area contributed by atoms with Crippen molar-refractivity contribution in [2.24, 2.45) is 5.92 Å². The molecule has 1 aromatic rings. The van der Waals surface area contributed by atoms with Crippen molar-refractivity contribution in [3.05, 3.63) is 29.8 Å². The molecule has 2 bridgehead atoms. The Morgan fingerprint density at radius 1 is 1.11 bits per heavy atom. The Hall–Kier alpha value is -0.970. The molecule has 2 unspecified atom stereocenters. The van der Waals surface area contributed by atoms with Crippen molar-refractivity contribution in [2.75, 3.05) is 18.4 Å². The zero-order chi connectivity index (χ0) is 17.2. The monoisotopic (exact) mass is 413 g/mol. The number of hydrogen-bond acceptors (Lipinski definition) is 3. The second-order valence-electron chi connectivity index (χ2n) is 8.35. The molecule has 3 aliphatic rings.